The number of pyridine rings is 1. The van der Waals surface area contributed by atoms with Crippen LogP contribution in [0.1, 0.15) is 62.2 Å². The number of carbonyl (C=O) groups is 1. The summed E-state index contributed by atoms with van der Waals surface area (Å²) in [6.07, 6.45) is 11.4. The predicted molar refractivity (Wildman–Crippen MR) is 139 cm³/mol. The van der Waals surface area contributed by atoms with Crippen LogP contribution in [0.25, 0.3) is 10.9 Å². The number of fused-ring (bicyclic) bond motifs is 1. The lowest BCUT2D eigenvalue weighted by Crippen LogP contribution is -2.41. The van der Waals surface area contributed by atoms with E-state index in [4.69, 9.17) is 9.15 Å². The highest BCUT2D eigenvalue weighted by Gasteiger charge is 2.30. The molecular weight excluding hydrogens is 456 g/mol. The van der Waals surface area contributed by atoms with Crippen molar-refractivity contribution in [2.75, 3.05) is 26.7 Å². The van der Waals surface area contributed by atoms with Crippen molar-refractivity contribution in [2.24, 2.45) is 11.8 Å². The van der Waals surface area contributed by atoms with E-state index in [2.05, 4.69) is 9.88 Å². The van der Waals surface area contributed by atoms with Crippen LogP contribution in [-0.4, -0.2) is 52.8 Å². The number of unbranched alkanes of at least 4 members (excludes halogenated alkanes) is 1. The van der Waals surface area contributed by atoms with Gasteiger partial charge in [0, 0.05) is 24.5 Å². The quantitative estimate of drug-likeness (QED) is 0.304. The molecule has 1 aromatic carbocycles. The third-order valence-electron chi connectivity index (χ3n) is 7.63. The first-order chi connectivity index (χ1) is 17.5. The lowest BCUT2D eigenvalue weighted by molar-refractivity contribution is -0.137. The molecule has 7 heteroatoms. The molecule has 0 unspecified atom stereocenters. The third-order valence-corrected chi connectivity index (χ3v) is 7.63. The Morgan fingerprint density at radius 3 is 2.89 bits per heavy atom. The number of rotatable bonds is 13. The van der Waals surface area contributed by atoms with E-state index in [1.54, 1.807) is 19.6 Å². The molecule has 194 valence electrons. The van der Waals surface area contributed by atoms with E-state index in [1.807, 2.05) is 36.6 Å². The van der Waals surface area contributed by atoms with Crippen LogP contribution in [0.3, 0.4) is 0 Å². The maximum atomic E-state index is 11.3. The maximum absolute atomic E-state index is 11.3. The molecule has 1 saturated heterocycles. The molecule has 1 aliphatic rings. The van der Waals surface area contributed by atoms with Gasteiger partial charge in [0.25, 0.3) is 0 Å². The van der Waals surface area contributed by atoms with Crippen molar-refractivity contribution >= 4 is 16.9 Å². The Labute approximate surface area is 213 Å². The molecule has 1 aliphatic heterocycles. The van der Waals surface area contributed by atoms with Gasteiger partial charge in [0.05, 0.1) is 31.3 Å². The maximum Gasteiger partial charge on any atom is 0.303 e. The van der Waals surface area contributed by atoms with E-state index < -0.39 is 12.1 Å². The number of carboxylic acids is 1. The number of carboxylic acid groups (broad SMARTS) is 1. The number of aliphatic carboxylic acids is 1. The average Bonchev–Trinajstić information content (AvgIpc) is 3.42. The van der Waals surface area contributed by atoms with Crippen LogP contribution >= 0.6 is 0 Å². The topological polar surface area (TPSA) is 96.0 Å². The number of hydrogen-bond acceptors (Lipinski definition) is 6. The fraction of sp³-hybridized carbons (Fsp3) is 0.517. The Morgan fingerprint density at radius 2 is 2.11 bits per heavy atom. The molecule has 2 N–H and O–H groups in total. The monoisotopic (exact) mass is 494 g/mol. The van der Waals surface area contributed by atoms with E-state index in [9.17, 15) is 15.0 Å². The second kappa shape index (κ2) is 12.9. The number of aromatic nitrogens is 1. The summed E-state index contributed by atoms with van der Waals surface area (Å²) < 4.78 is 10.5. The molecule has 36 heavy (non-hydrogen) atoms. The lowest BCUT2D eigenvalue weighted by Gasteiger charge is -2.39. The van der Waals surface area contributed by atoms with Gasteiger partial charge in [-0.25, -0.2) is 0 Å². The van der Waals surface area contributed by atoms with Crippen molar-refractivity contribution in [3.8, 4) is 5.75 Å². The zero-order valence-corrected chi connectivity index (χ0v) is 21.1. The molecule has 0 saturated carbocycles. The predicted octanol–water partition coefficient (Wildman–Crippen LogP) is 5.48. The Hall–Kier alpha value is -2.90. The molecule has 0 amide bonds. The number of aryl methyl sites for hydroxylation is 1. The third kappa shape index (κ3) is 7.08. The number of benzene rings is 1. The number of furan rings is 1. The normalized spacial score (nSPS) is 19.4. The largest absolute Gasteiger partial charge is 0.497 e. The van der Waals surface area contributed by atoms with Gasteiger partial charge in [0.1, 0.15) is 5.75 Å². The smallest absolute Gasteiger partial charge is 0.303 e. The van der Waals surface area contributed by atoms with Gasteiger partial charge >= 0.3 is 5.97 Å². The summed E-state index contributed by atoms with van der Waals surface area (Å²) >= 11 is 0. The first-order valence-corrected chi connectivity index (χ1v) is 13.1. The van der Waals surface area contributed by atoms with Gasteiger partial charge in [0.2, 0.25) is 0 Å². The summed E-state index contributed by atoms with van der Waals surface area (Å²) in [6.45, 7) is 3.02. The molecule has 1 fully saturated rings. The Kier molecular flexibility index (Phi) is 9.36. The molecule has 0 bridgehead atoms. The van der Waals surface area contributed by atoms with Crippen molar-refractivity contribution in [3.63, 3.8) is 0 Å². The lowest BCUT2D eigenvalue weighted by atomic mass is 9.79. The number of aliphatic hydroxyl groups excluding tert-OH is 1. The second-order valence-electron chi connectivity index (χ2n) is 10.0. The summed E-state index contributed by atoms with van der Waals surface area (Å²) in [5.41, 5.74) is 2.95. The number of aliphatic hydroxyl groups is 1. The minimum atomic E-state index is -0.733. The number of nitrogens with zero attached hydrogens (tertiary/aromatic N) is 2. The van der Waals surface area contributed by atoms with Crippen molar-refractivity contribution in [3.05, 3.63) is 60.2 Å². The van der Waals surface area contributed by atoms with Gasteiger partial charge in [-0.1, -0.05) is 0 Å². The van der Waals surface area contributed by atoms with E-state index in [1.165, 1.54) is 5.56 Å². The fourth-order valence-corrected chi connectivity index (χ4v) is 5.57. The summed E-state index contributed by atoms with van der Waals surface area (Å²) in [7, 11) is 1.64. The molecule has 3 aromatic rings. The molecule has 7 nitrogen and oxygen atoms in total. The van der Waals surface area contributed by atoms with Crippen molar-refractivity contribution in [1.82, 2.24) is 9.88 Å². The summed E-state index contributed by atoms with van der Waals surface area (Å²) in [6, 6.07) is 9.64. The molecule has 0 radical (unpaired) electrons. The molecule has 0 spiro atoms. The molecule has 2 aromatic heterocycles. The SMILES string of the molecule is COc1ccc2nccc([C@H](O)CC[C@@H]3CCN(CCCCc4ccoc4)C[C@H]3CCC(=O)O)c2c1. The van der Waals surface area contributed by atoms with Crippen LogP contribution in [0.15, 0.2) is 53.5 Å². The van der Waals surface area contributed by atoms with E-state index in [-0.39, 0.29) is 6.42 Å². The van der Waals surface area contributed by atoms with Crippen LogP contribution < -0.4 is 4.74 Å². The van der Waals surface area contributed by atoms with Crippen LogP contribution in [0.4, 0.5) is 0 Å². The Bertz CT molecular complexity index is 1100. The number of hydrogen-bond donors (Lipinski definition) is 2. The number of ether oxygens (including phenoxy) is 1. The molecule has 0 aliphatic carbocycles. The van der Waals surface area contributed by atoms with Gasteiger partial charge in [0.15, 0.2) is 0 Å². The number of likely N-dealkylation sites (tertiary alicyclic amines) is 1. The summed E-state index contributed by atoms with van der Waals surface area (Å²) in [4.78, 5) is 18.2. The first kappa shape index (κ1) is 26.2. The van der Waals surface area contributed by atoms with Gasteiger partial charge < -0.3 is 24.3 Å². The van der Waals surface area contributed by atoms with E-state index in [0.29, 0.717) is 24.7 Å². The number of methoxy groups -OCH3 is 1. The van der Waals surface area contributed by atoms with Crippen molar-refractivity contribution in [1.29, 1.82) is 0 Å². The Morgan fingerprint density at radius 1 is 1.22 bits per heavy atom. The molecule has 3 atom stereocenters. The minimum Gasteiger partial charge on any atom is -0.497 e. The zero-order chi connectivity index (χ0) is 25.3. The second-order valence-corrected chi connectivity index (χ2v) is 10.0. The van der Waals surface area contributed by atoms with Crippen LogP contribution in [0.2, 0.25) is 0 Å². The van der Waals surface area contributed by atoms with Crippen molar-refractivity contribution < 1.29 is 24.2 Å². The van der Waals surface area contributed by atoms with Gasteiger partial charge in [-0.05, 0) is 111 Å². The van der Waals surface area contributed by atoms with E-state index in [0.717, 1.165) is 74.0 Å². The van der Waals surface area contributed by atoms with Crippen LogP contribution in [0, 0.1) is 11.8 Å². The number of piperidine rings is 1. The molecule has 3 heterocycles. The van der Waals surface area contributed by atoms with Gasteiger partial charge in [-0.15, -0.1) is 0 Å². The molecule has 4 rings (SSSR count). The zero-order valence-electron chi connectivity index (χ0n) is 21.1. The first-order valence-electron chi connectivity index (χ1n) is 13.1. The molecular formula is C29H38N2O5. The highest BCUT2D eigenvalue weighted by atomic mass is 16.5. The van der Waals surface area contributed by atoms with Crippen LogP contribution in [0.5, 0.6) is 5.75 Å². The highest BCUT2D eigenvalue weighted by Crippen LogP contribution is 2.35. The van der Waals surface area contributed by atoms with Gasteiger partial charge in [-0.2, -0.15) is 0 Å². The minimum absolute atomic E-state index is 0.201. The highest BCUT2D eigenvalue weighted by molar-refractivity contribution is 5.83. The van der Waals surface area contributed by atoms with Gasteiger partial charge in [-0.3, -0.25) is 9.78 Å². The summed E-state index contributed by atoms with van der Waals surface area (Å²) in [5, 5.41) is 21.3. The average molecular weight is 495 g/mol. The Balaban J connectivity index is 1.33. The van der Waals surface area contributed by atoms with Crippen LogP contribution in [-0.2, 0) is 11.2 Å². The van der Waals surface area contributed by atoms with Crippen molar-refractivity contribution in [2.45, 2.75) is 57.5 Å². The fourth-order valence-electron chi connectivity index (χ4n) is 5.57. The standard InChI is InChI=1S/C29H38N2O5/c1-35-24-7-8-27-26(18-24)25(11-14-30-27)28(32)9-5-22-12-16-31(19-23(22)6-10-29(33)34)15-3-2-4-21-13-17-36-20-21/h7-8,11,13-14,17-18,20,22-23,28,32H,2-6,9-10,12,15-16,19H2,1H3,(H,33,34)/t22-,23-,28-/m1/s1. The summed E-state index contributed by atoms with van der Waals surface area (Å²) in [5.74, 6) is 0.770. The van der Waals surface area contributed by atoms with E-state index >= 15 is 0 Å².